The second-order valence-corrected chi connectivity index (χ2v) is 6.85. The largest absolute Gasteiger partial charge is 0.0622 e. The minimum atomic E-state index is 0.547. The highest BCUT2D eigenvalue weighted by Gasteiger charge is 2.10. The van der Waals surface area contributed by atoms with Crippen LogP contribution in [-0.2, 0) is 12.8 Å². The molecule has 3 rings (SSSR count). The number of rotatable bonds is 6. The van der Waals surface area contributed by atoms with Crippen molar-refractivity contribution in [1.82, 2.24) is 0 Å². The van der Waals surface area contributed by atoms with Crippen LogP contribution in [0.25, 0.3) is 0 Å². The van der Waals surface area contributed by atoms with E-state index in [-0.39, 0.29) is 0 Å². The van der Waals surface area contributed by atoms with Crippen molar-refractivity contribution < 1.29 is 0 Å². The summed E-state index contributed by atoms with van der Waals surface area (Å²) in [6.07, 6.45) is 2.19. The minimum absolute atomic E-state index is 0.547. The molecule has 0 N–H and O–H groups in total. The lowest BCUT2D eigenvalue weighted by Gasteiger charge is -2.16. The first-order valence-electron chi connectivity index (χ1n) is 8.90. The highest BCUT2D eigenvalue weighted by Crippen LogP contribution is 2.25. The molecule has 2 atom stereocenters. The molecule has 0 aliphatic heterocycles. The molecule has 2 unspecified atom stereocenters. The lowest BCUT2D eigenvalue weighted by molar-refractivity contribution is 0.744. The summed E-state index contributed by atoms with van der Waals surface area (Å²) < 4.78 is 0. The molecule has 0 heterocycles. The normalized spacial score (nSPS) is 13.4. The van der Waals surface area contributed by atoms with Crippen molar-refractivity contribution in [3.63, 3.8) is 0 Å². The number of hydrogen-bond acceptors (Lipinski definition) is 0. The third-order valence-electron chi connectivity index (χ3n) is 4.84. The zero-order valence-corrected chi connectivity index (χ0v) is 14.7. The maximum absolute atomic E-state index is 2.31. The molecule has 0 saturated heterocycles. The molecule has 0 aliphatic carbocycles. The maximum Gasteiger partial charge on any atom is -0.0150 e. The van der Waals surface area contributed by atoms with E-state index >= 15 is 0 Å². The van der Waals surface area contributed by atoms with E-state index in [0.29, 0.717) is 11.8 Å². The summed E-state index contributed by atoms with van der Waals surface area (Å²) in [7, 11) is 0. The fraction of sp³-hybridized carbons (Fsp3) is 0.250. The third kappa shape index (κ3) is 4.35. The van der Waals surface area contributed by atoms with Gasteiger partial charge in [0.05, 0.1) is 0 Å². The van der Waals surface area contributed by atoms with Gasteiger partial charge in [0.25, 0.3) is 0 Å². The first-order chi connectivity index (χ1) is 11.7. The smallest absolute Gasteiger partial charge is 0.0150 e. The second-order valence-electron chi connectivity index (χ2n) is 6.85. The van der Waals surface area contributed by atoms with Gasteiger partial charge in [0.2, 0.25) is 0 Å². The van der Waals surface area contributed by atoms with Crippen molar-refractivity contribution in [2.24, 2.45) is 0 Å². The Morgan fingerprint density at radius 1 is 0.500 bits per heavy atom. The first-order valence-corrected chi connectivity index (χ1v) is 8.90. The quantitative estimate of drug-likeness (QED) is 0.495. The summed E-state index contributed by atoms with van der Waals surface area (Å²) in [6.45, 7) is 4.63. The van der Waals surface area contributed by atoms with Crippen molar-refractivity contribution in [2.45, 2.75) is 38.5 Å². The van der Waals surface area contributed by atoms with Gasteiger partial charge in [-0.3, -0.25) is 0 Å². The van der Waals surface area contributed by atoms with E-state index in [4.69, 9.17) is 0 Å². The zero-order valence-electron chi connectivity index (χ0n) is 14.7. The van der Waals surface area contributed by atoms with E-state index in [1.54, 1.807) is 0 Å². The monoisotopic (exact) mass is 314 g/mol. The van der Waals surface area contributed by atoms with Crippen LogP contribution in [0.4, 0.5) is 0 Å². The Balaban J connectivity index is 1.64. The Morgan fingerprint density at radius 2 is 0.833 bits per heavy atom. The molecule has 0 amide bonds. The fourth-order valence-corrected chi connectivity index (χ4v) is 3.32. The van der Waals surface area contributed by atoms with Gasteiger partial charge in [-0.1, -0.05) is 98.8 Å². The number of benzene rings is 3. The molecule has 0 aliphatic rings. The Morgan fingerprint density at radius 3 is 1.17 bits per heavy atom. The van der Waals surface area contributed by atoms with Crippen molar-refractivity contribution in [3.8, 4) is 0 Å². The SMILES string of the molecule is CC(Cc1ccccc1)c1ccc(C(C)Cc2ccccc2)cc1. The first kappa shape index (κ1) is 16.5. The predicted molar refractivity (Wildman–Crippen MR) is 104 cm³/mol. The molecular formula is C24H26. The van der Waals surface area contributed by atoms with Gasteiger partial charge in [0, 0.05) is 0 Å². The molecular weight excluding hydrogens is 288 g/mol. The molecule has 0 heteroatoms. The molecule has 3 aromatic carbocycles. The highest BCUT2D eigenvalue weighted by atomic mass is 14.1. The van der Waals surface area contributed by atoms with Crippen molar-refractivity contribution in [3.05, 3.63) is 107 Å². The van der Waals surface area contributed by atoms with Crippen LogP contribution in [-0.4, -0.2) is 0 Å². The number of hydrogen-bond donors (Lipinski definition) is 0. The molecule has 0 nitrogen and oxygen atoms in total. The molecule has 0 saturated carbocycles. The van der Waals surface area contributed by atoms with Crippen LogP contribution in [0, 0.1) is 0 Å². The van der Waals surface area contributed by atoms with E-state index in [1.165, 1.54) is 22.3 Å². The molecule has 3 aromatic rings. The van der Waals surface area contributed by atoms with Crippen LogP contribution in [0.2, 0.25) is 0 Å². The summed E-state index contributed by atoms with van der Waals surface area (Å²) in [4.78, 5) is 0. The minimum Gasteiger partial charge on any atom is -0.0622 e. The van der Waals surface area contributed by atoms with Gasteiger partial charge >= 0.3 is 0 Å². The molecule has 0 fully saturated rings. The maximum atomic E-state index is 2.31. The van der Waals surface area contributed by atoms with Crippen molar-refractivity contribution in [1.29, 1.82) is 0 Å². The van der Waals surface area contributed by atoms with E-state index in [2.05, 4.69) is 98.8 Å². The van der Waals surface area contributed by atoms with E-state index in [1.807, 2.05) is 0 Å². The zero-order chi connectivity index (χ0) is 16.8. The molecule has 24 heavy (non-hydrogen) atoms. The van der Waals surface area contributed by atoms with Crippen LogP contribution in [0.3, 0.4) is 0 Å². The molecule has 0 spiro atoms. The van der Waals surface area contributed by atoms with Gasteiger partial charge in [-0.25, -0.2) is 0 Å². The van der Waals surface area contributed by atoms with Gasteiger partial charge in [-0.2, -0.15) is 0 Å². The fourth-order valence-electron chi connectivity index (χ4n) is 3.32. The van der Waals surface area contributed by atoms with Gasteiger partial charge in [-0.05, 0) is 46.9 Å². The molecule has 0 bridgehead atoms. The predicted octanol–water partition coefficient (Wildman–Crippen LogP) is 6.38. The van der Waals surface area contributed by atoms with Gasteiger partial charge in [0.1, 0.15) is 0 Å². The summed E-state index contributed by atoms with van der Waals surface area (Å²) in [5.41, 5.74) is 5.67. The molecule has 0 aromatic heterocycles. The average Bonchev–Trinajstić information content (AvgIpc) is 2.63. The lowest BCUT2D eigenvalue weighted by Crippen LogP contribution is -2.01. The highest BCUT2D eigenvalue weighted by molar-refractivity contribution is 5.30. The Kier molecular flexibility index (Phi) is 5.48. The van der Waals surface area contributed by atoms with E-state index in [0.717, 1.165) is 12.8 Å². The van der Waals surface area contributed by atoms with Crippen molar-refractivity contribution >= 4 is 0 Å². The van der Waals surface area contributed by atoms with Gasteiger partial charge < -0.3 is 0 Å². The van der Waals surface area contributed by atoms with Crippen molar-refractivity contribution in [2.75, 3.05) is 0 Å². The average molecular weight is 314 g/mol. The van der Waals surface area contributed by atoms with Gasteiger partial charge in [-0.15, -0.1) is 0 Å². The summed E-state index contributed by atoms with van der Waals surface area (Å²) in [6, 6.07) is 30.7. The standard InChI is InChI=1S/C24H26/c1-19(17-21-9-5-3-6-10-21)23-13-15-24(16-14-23)20(2)18-22-11-7-4-8-12-22/h3-16,19-20H,17-18H2,1-2H3. The Labute approximate surface area is 146 Å². The van der Waals surface area contributed by atoms with Gasteiger partial charge in [0.15, 0.2) is 0 Å². The summed E-state index contributed by atoms with van der Waals surface area (Å²) in [5, 5.41) is 0. The molecule has 122 valence electrons. The molecule has 0 radical (unpaired) electrons. The Hall–Kier alpha value is -2.34. The Bertz CT molecular complexity index is 660. The van der Waals surface area contributed by atoms with E-state index in [9.17, 15) is 0 Å². The van der Waals surface area contributed by atoms with Crippen LogP contribution >= 0.6 is 0 Å². The van der Waals surface area contributed by atoms with Crippen LogP contribution in [0.1, 0.15) is 47.9 Å². The lowest BCUT2D eigenvalue weighted by atomic mass is 9.89. The third-order valence-corrected chi connectivity index (χ3v) is 4.84. The second kappa shape index (κ2) is 7.97. The van der Waals surface area contributed by atoms with Crippen LogP contribution < -0.4 is 0 Å². The van der Waals surface area contributed by atoms with Crippen LogP contribution in [0.5, 0.6) is 0 Å². The van der Waals surface area contributed by atoms with Crippen LogP contribution in [0.15, 0.2) is 84.9 Å². The summed E-state index contributed by atoms with van der Waals surface area (Å²) in [5.74, 6) is 1.09. The van der Waals surface area contributed by atoms with E-state index < -0.39 is 0 Å². The topological polar surface area (TPSA) is 0 Å². The summed E-state index contributed by atoms with van der Waals surface area (Å²) >= 11 is 0.